The van der Waals surface area contributed by atoms with Gasteiger partial charge in [-0.15, -0.1) is 0 Å². The second-order valence-electron chi connectivity index (χ2n) is 6.94. The molecule has 3 rings (SSSR count). The van der Waals surface area contributed by atoms with E-state index in [1.807, 2.05) is 6.92 Å². The van der Waals surface area contributed by atoms with Crippen molar-refractivity contribution in [1.82, 2.24) is 9.62 Å². The Bertz CT molecular complexity index is 760. The molecule has 7 nitrogen and oxygen atoms in total. The third kappa shape index (κ3) is 4.25. The van der Waals surface area contributed by atoms with Gasteiger partial charge >= 0.3 is 0 Å². The van der Waals surface area contributed by atoms with Crippen LogP contribution in [0.4, 0.5) is 5.69 Å². The van der Waals surface area contributed by atoms with Crippen molar-refractivity contribution in [3.8, 4) is 0 Å². The summed E-state index contributed by atoms with van der Waals surface area (Å²) < 4.78 is 33.1. The van der Waals surface area contributed by atoms with Gasteiger partial charge in [0.15, 0.2) is 0 Å². The highest BCUT2D eigenvalue weighted by molar-refractivity contribution is 7.89. The zero-order valence-electron chi connectivity index (χ0n) is 15.4. The molecule has 1 amide bonds. The van der Waals surface area contributed by atoms with E-state index in [0.717, 1.165) is 50.5 Å². The van der Waals surface area contributed by atoms with Crippen LogP contribution in [0.1, 0.15) is 25.8 Å². The number of sulfonamides is 1. The smallest absolute Gasteiger partial charge is 0.240 e. The Kier molecular flexibility index (Phi) is 5.96. The number of anilines is 1. The first-order valence-electron chi connectivity index (χ1n) is 9.11. The SMILES string of the molecule is CC(=O)N1c2ccc(S(=O)(=O)NCCCN3CCOCC3)cc2C[C@H]1C. The van der Waals surface area contributed by atoms with Crippen molar-refractivity contribution in [2.75, 3.05) is 44.3 Å². The van der Waals surface area contributed by atoms with Crippen LogP contribution in [0.2, 0.25) is 0 Å². The molecule has 0 unspecified atom stereocenters. The van der Waals surface area contributed by atoms with Gasteiger partial charge in [0.2, 0.25) is 15.9 Å². The van der Waals surface area contributed by atoms with Crippen LogP contribution in [0.5, 0.6) is 0 Å². The highest BCUT2D eigenvalue weighted by Crippen LogP contribution is 2.33. The van der Waals surface area contributed by atoms with E-state index in [-0.39, 0.29) is 16.8 Å². The van der Waals surface area contributed by atoms with E-state index in [2.05, 4.69) is 9.62 Å². The number of carbonyl (C=O) groups excluding carboxylic acids is 1. The Morgan fingerprint density at radius 2 is 2.04 bits per heavy atom. The van der Waals surface area contributed by atoms with Crippen LogP contribution in [0, 0.1) is 0 Å². The lowest BCUT2D eigenvalue weighted by molar-refractivity contribution is -0.116. The van der Waals surface area contributed by atoms with Crippen LogP contribution in [0.25, 0.3) is 0 Å². The van der Waals surface area contributed by atoms with Gasteiger partial charge in [0.1, 0.15) is 0 Å². The summed E-state index contributed by atoms with van der Waals surface area (Å²) in [5.74, 6) is -0.0203. The average molecular weight is 381 g/mol. The van der Waals surface area contributed by atoms with Crippen LogP contribution < -0.4 is 9.62 Å². The first-order chi connectivity index (χ1) is 12.4. The molecular formula is C18H27N3O4S. The van der Waals surface area contributed by atoms with Gasteiger partial charge in [0.05, 0.1) is 18.1 Å². The van der Waals surface area contributed by atoms with Gasteiger partial charge in [0, 0.05) is 38.3 Å². The largest absolute Gasteiger partial charge is 0.379 e. The quantitative estimate of drug-likeness (QED) is 0.744. The van der Waals surface area contributed by atoms with E-state index < -0.39 is 10.0 Å². The van der Waals surface area contributed by atoms with E-state index in [1.165, 1.54) is 6.92 Å². The van der Waals surface area contributed by atoms with Gasteiger partial charge in [-0.25, -0.2) is 13.1 Å². The van der Waals surface area contributed by atoms with Crippen molar-refractivity contribution in [2.24, 2.45) is 0 Å². The lowest BCUT2D eigenvalue weighted by Crippen LogP contribution is -2.38. The molecule has 0 saturated carbocycles. The summed E-state index contributed by atoms with van der Waals surface area (Å²) in [5.41, 5.74) is 1.72. The number of hydrogen-bond donors (Lipinski definition) is 1. The molecule has 0 aliphatic carbocycles. The number of nitrogens with zero attached hydrogens (tertiary/aromatic N) is 2. The van der Waals surface area contributed by atoms with Gasteiger partial charge in [-0.1, -0.05) is 0 Å². The van der Waals surface area contributed by atoms with Crippen molar-refractivity contribution in [3.63, 3.8) is 0 Å². The summed E-state index contributed by atoms with van der Waals surface area (Å²) in [7, 11) is -3.54. The minimum absolute atomic E-state index is 0.0203. The maximum atomic E-state index is 12.6. The van der Waals surface area contributed by atoms with Crippen molar-refractivity contribution >= 4 is 21.6 Å². The number of nitrogens with one attached hydrogen (secondary N) is 1. The predicted octanol–water partition coefficient (Wildman–Crippen LogP) is 0.985. The fourth-order valence-corrected chi connectivity index (χ4v) is 4.80. The molecule has 0 radical (unpaired) electrons. The third-order valence-electron chi connectivity index (χ3n) is 4.96. The van der Waals surface area contributed by atoms with E-state index in [1.54, 1.807) is 23.1 Å². The van der Waals surface area contributed by atoms with Crippen molar-refractivity contribution in [2.45, 2.75) is 37.6 Å². The molecule has 2 aliphatic heterocycles. The van der Waals surface area contributed by atoms with Crippen LogP contribution >= 0.6 is 0 Å². The normalized spacial score (nSPS) is 21.0. The number of benzene rings is 1. The van der Waals surface area contributed by atoms with Gasteiger partial charge in [0.25, 0.3) is 0 Å². The Morgan fingerprint density at radius 3 is 2.73 bits per heavy atom. The Hall–Kier alpha value is -1.48. The number of amides is 1. The summed E-state index contributed by atoms with van der Waals surface area (Å²) in [4.78, 5) is 16.1. The van der Waals surface area contributed by atoms with Crippen LogP contribution in [0.3, 0.4) is 0 Å². The Morgan fingerprint density at radius 1 is 1.31 bits per heavy atom. The molecular weight excluding hydrogens is 354 g/mol. The molecule has 8 heteroatoms. The molecule has 1 saturated heterocycles. The second-order valence-corrected chi connectivity index (χ2v) is 8.70. The minimum atomic E-state index is -3.54. The number of rotatable bonds is 6. The minimum Gasteiger partial charge on any atom is -0.379 e. The van der Waals surface area contributed by atoms with E-state index in [9.17, 15) is 13.2 Å². The monoisotopic (exact) mass is 381 g/mol. The Labute approximate surface area is 155 Å². The molecule has 1 aromatic rings. The molecule has 0 aromatic heterocycles. The number of ether oxygens (including phenoxy) is 1. The molecule has 144 valence electrons. The zero-order valence-corrected chi connectivity index (χ0v) is 16.2. The molecule has 1 atom stereocenters. The summed E-state index contributed by atoms with van der Waals surface area (Å²) in [6.45, 7) is 8.08. The standard InChI is InChI=1S/C18H27N3O4S/c1-14-12-16-13-17(4-5-18(16)21(14)15(2)22)26(23,24)19-6-3-7-20-8-10-25-11-9-20/h4-5,13-14,19H,3,6-12H2,1-2H3/t14-/m1/s1. The second kappa shape index (κ2) is 8.04. The van der Waals surface area contributed by atoms with Gasteiger partial charge in [-0.3, -0.25) is 9.69 Å². The van der Waals surface area contributed by atoms with E-state index in [4.69, 9.17) is 4.74 Å². The fraction of sp³-hybridized carbons (Fsp3) is 0.611. The van der Waals surface area contributed by atoms with E-state index in [0.29, 0.717) is 13.0 Å². The molecule has 1 aromatic carbocycles. The van der Waals surface area contributed by atoms with Crippen LogP contribution in [-0.4, -0.2) is 64.7 Å². The molecule has 0 spiro atoms. The van der Waals surface area contributed by atoms with Gasteiger partial charge in [-0.05, 0) is 50.1 Å². The number of carbonyl (C=O) groups is 1. The molecule has 26 heavy (non-hydrogen) atoms. The Balaban J connectivity index is 1.59. The highest BCUT2D eigenvalue weighted by atomic mass is 32.2. The third-order valence-corrected chi connectivity index (χ3v) is 6.42. The molecule has 2 aliphatic rings. The van der Waals surface area contributed by atoms with Crippen molar-refractivity contribution < 1.29 is 17.9 Å². The average Bonchev–Trinajstić information content (AvgIpc) is 2.94. The lowest BCUT2D eigenvalue weighted by atomic mass is 10.1. The highest BCUT2D eigenvalue weighted by Gasteiger charge is 2.30. The molecule has 0 bridgehead atoms. The van der Waals surface area contributed by atoms with E-state index >= 15 is 0 Å². The van der Waals surface area contributed by atoms with Crippen molar-refractivity contribution in [3.05, 3.63) is 23.8 Å². The zero-order chi connectivity index (χ0) is 18.7. The first-order valence-corrected chi connectivity index (χ1v) is 10.6. The molecule has 1 fully saturated rings. The summed E-state index contributed by atoms with van der Waals surface area (Å²) >= 11 is 0. The van der Waals surface area contributed by atoms with Gasteiger partial charge in [-0.2, -0.15) is 0 Å². The molecule has 2 heterocycles. The fourth-order valence-electron chi connectivity index (χ4n) is 3.67. The number of fused-ring (bicyclic) bond motifs is 1. The maximum Gasteiger partial charge on any atom is 0.240 e. The van der Waals surface area contributed by atoms with Gasteiger partial charge < -0.3 is 9.64 Å². The summed E-state index contributed by atoms with van der Waals surface area (Å²) in [5, 5.41) is 0. The lowest BCUT2D eigenvalue weighted by Gasteiger charge is -2.26. The summed E-state index contributed by atoms with van der Waals surface area (Å²) in [6, 6.07) is 5.07. The van der Waals surface area contributed by atoms with Crippen LogP contribution in [-0.2, 0) is 26.0 Å². The topological polar surface area (TPSA) is 79.0 Å². The maximum absolute atomic E-state index is 12.6. The number of morpholine rings is 1. The molecule has 1 N–H and O–H groups in total. The summed E-state index contributed by atoms with van der Waals surface area (Å²) in [6.07, 6.45) is 1.44. The first kappa shape index (κ1) is 19.3. The van der Waals surface area contributed by atoms with Crippen LogP contribution in [0.15, 0.2) is 23.1 Å². The predicted molar refractivity (Wildman–Crippen MR) is 99.8 cm³/mol. The van der Waals surface area contributed by atoms with Crippen molar-refractivity contribution in [1.29, 1.82) is 0 Å². The number of hydrogen-bond acceptors (Lipinski definition) is 5.